The van der Waals surface area contributed by atoms with E-state index in [1.807, 2.05) is 24.3 Å². The third-order valence-electron chi connectivity index (χ3n) is 3.77. The van der Waals surface area contributed by atoms with Gasteiger partial charge in [0.2, 0.25) is 5.95 Å². The van der Waals surface area contributed by atoms with Crippen LogP contribution in [0.3, 0.4) is 0 Å². The van der Waals surface area contributed by atoms with Crippen LogP contribution in [0.1, 0.15) is 18.9 Å². The number of ether oxygens (including phenoxy) is 1. The molecule has 1 aromatic carbocycles. The average Bonchev–Trinajstić information content (AvgIpc) is 3.39. The molecule has 2 aromatic heterocycles. The highest BCUT2D eigenvalue weighted by Crippen LogP contribution is 2.35. The number of benzene rings is 1. The minimum Gasteiger partial charge on any atom is -0.497 e. The first-order chi connectivity index (χ1) is 11.2. The molecule has 1 aliphatic rings. The number of fused-ring (bicyclic) bond motifs is 1. The van der Waals surface area contributed by atoms with Crippen molar-refractivity contribution in [3.05, 3.63) is 47.0 Å². The normalized spacial score (nSPS) is 14.0. The van der Waals surface area contributed by atoms with E-state index in [4.69, 9.17) is 4.74 Å². The van der Waals surface area contributed by atoms with Gasteiger partial charge in [0.1, 0.15) is 11.3 Å². The Kier molecular flexibility index (Phi) is 3.18. The minimum atomic E-state index is -0.119. The SMILES string of the molecule is COc1cccc(Nc2ncc3ncc(=O)n(C4CC4)c3n2)c1. The molecule has 0 bridgehead atoms. The minimum absolute atomic E-state index is 0.119. The van der Waals surface area contributed by atoms with Crippen LogP contribution in [0.4, 0.5) is 11.6 Å². The van der Waals surface area contributed by atoms with Crippen molar-refractivity contribution < 1.29 is 4.74 Å². The lowest BCUT2D eigenvalue weighted by Crippen LogP contribution is -2.20. The molecule has 2 heterocycles. The summed E-state index contributed by atoms with van der Waals surface area (Å²) in [5.74, 6) is 1.17. The molecule has 7 heteroatoms. The highest BCUT2D eigenvalue weighted by Gasteiger charge is 2.27. The number of methoxy groups -OCH3 is 1. The molecule has 1 N–H and O–H groups in total. The largest absolute Gasteiger partial charge is 0.497 e. The molecule has 0 saturated heterocycles. The predicted octanol–water partition coefficient (Wildman–Crippen LogP) is 2.27. The monoisotopic (exact) mass is 309 g/mol. The smallest absolute Gasteiger partial charge is 0.270 e. The summed E-state index contributed by atoms with van der Waals surface area (Å²) in [6, 6.07) is 7.72. The number of hydrogen-bond donors (Lipinski definition) is 1. The Morgan fingerprint density at radius 2 is 2.13 bits per heavy atom. The summed E-state index contributed by atoms with van der Waals surface area (Å²) >= 11 is 0. The number of aromatic nitrogens is 4. The van der Waals surface area contributed by atoms with E-state index in [9.17, 15) is 4.79 Å². The van der Waals surface area contributed by atoms with Crippen LogP contribution < -0.4 is 15.6 Å². The Bertz CT molecular complexity index is 933. The first-order valence-corrected chi connectivity index (χ1v) is 7.40. The summed E-state index contributed by atoms with van der Waals surface area (Å²) in [7, 11) is 1.62. The van der Waals surface area contributed by atoms with E-state index in [0.29, 0.717) is 17.1 Å². The number of nitrogens with zero attached hydrogens (tertiary/aromatic N) is 4. The van der Waals surface area contributed by atoms with E-state index in [2.05, 4.69) is 20.3 Å². The van der Waals surface area contributed by atoms with E-state index in [1.54, 1.807) is 17.9 Å². The van der Waals surface area contributed by atoms with Crippen LogP contribution in [0.15, 0.2) is 41.5 Å². The fourth-order valence-electron chi connectivity index (χ4n) is 2.50. The van der Waals surface area contributed by atoms with Crippen molar-refractivity contribution in [2.75, 3.05) is 12.4 Å². The van der Waals surface area contributed by atoms with Gasteiger partial charge in [-0.25, -0.2) is 9.97 Å². The second-order valence-corrected chi connectivity index (χ2v) is 5.46. The van der Waals surface area contributed by atoms with Gasteiger partial charge < -0.3 is 10.1 Å². The van der Waals surface area contributed by atoms with Crippen LogP contribution in [0.25, 0.3) is 11.2 Å². The molecule has 0 amide bonds. The molecule has 1 fully saturated rings. The summed E-state index contributed by atoms with van der Waals surface area (Å²) in [6.45, 7) is 0. The van der Waals surface area contributed by atoms with Crippen LogP contribution in [-0.2, 0) is 0 Å². The Morgan fingerprint density at radius 3 is 2.91 bits per heavy atom. The maximum atomic E-state index is 12.1. The molecule has 0 atom stereocenters. The van der Waals surface area contributed by atoms with Gasteiger partial charge in [-0.1, -0.05) is 6.07 Å². The van der Waals surface area contributed by atoms with Crippen molar-refractivity contribution in [2.24, 2.45) is 0 Å². The molecule has 1 saturated carbocycles. The van der Waals surface area contributed by atoms with Gasteiger partial charge in [-0.15, -0.1) is 0 Å². The Labute approximate surface area is 132 Å². The van der Waals surface area contributed by atoms with E-state index < -0.39 is 0 Å². The summed E-state index contributed by atoms with van der Waals surface area (Å²) in [6.07, 6.45) is 4.96. The molecular formula is C16H15N5O2. The predicted molar refractivity (Wildman–Crippen MR) is 86.1 cm³/mol. The molecule has 0 unspecified atom stereocenters. The van der Waals surface area contributed by atoms with Crippen LogP contribution in [-0.4, -0.2) is 26.6 Å². The number of nitrogens with one attached hydrogen (secondary N) is 1. The van der Waals surface area contributed by atoms with Crippen molar-refractivity contribution >= 4 is 22.8 Å². The van der Waals surface area contributed by atoms with Gasteiger partial charge in [-0.3, -0.25) is 9.36 Å². The zero-order chi connectivity index (χ0) is 15.8. The molecule has 0 spiro atoms. The Hall–Kier alpha value is -2.96. The summed E-state index contributed by atoms with van der Waals surface area (Å²) < 4.78 is 6.91. The zero-order valence-electron chi connectivity index (χ0n) is 12.6. The summed E-state index contributed by atoms with van der Waals surface area (Å²) in [5, 5.41) is 3.13. The lowest BCUT2D eigenvalue weighted by Gasteiger charge is -2.10. The third kappa shape index (κ3) is 2.61. The highest BCUT2D eigenvalue weighted by molar-refractivity contribution is 5.71. The lowest BCUT2D eigenvalue weighted by molar-refractivity contribution is 0.415. The van der Waals surface area contributed by atoms with E-state index >= 15 is 0 Å². The fourth-order valence-corrected chi connectivity index (χ4v) is 2.50. The van der Waals surface area contributed by atoms with Crippen molar-refractivity contribution in [1.82, 2.24) is 19.5 Å². The van der Waals surface area contributed by atoms with E-state index in [-0.39, 0.29) is 11.6 Å². The molecule has 4 rings (SSSR count). The Morgan fingerprint density at radius 1 is 1.26 bits per heavy atom. The van der Waals surface area contributed by atoms with Crippen molar-refractivity contribution in [1.29, 1.82) is 0 Å². The van der Waals surface area contributed by atoms with Gasteiger partial charge in [-0.2, -0.15) is 4.98 Å². The second-order valence-electron chi connectivity index (χ2n) is 5.46. The van der Waals surface area contributed by atoms with Crippen LogP contribution in [0, 0.1) is 0 Å². The third-order valence-corrected chi connectivity index (χ3v) is 3.77. The second kappa shape index (κ2) is 5.35. The number of rotatable bonds is 4. The van der Waals surface area contributed by atoms with Gasteiger partial charge in [0.15, 0.2) is 5.65 Å². The molecule has 116 valence electrons. The molecule has 1 aliphatic carbocycles. The van der Waals surface area contributed by atoms with Gasteiger partial charge >= 0.3 is 0 Å². The molecule has 0 aliphatic heterocycles. The van der Waals surface area contributed by atoms with Crippen molar-refractivity contribution in [3.63, 3.8) is 0 Å². The molecular weight excluding hydrogens is 294 g/mol. The Balaban J connectivity index is 1.76. The first kappa shape index (κ1) is 13.7. The summed E-state index contributed by atoms with van der Waals surface area (Å²) in [4.78, 5) is 24.9. The molecule has 0 radical (unpaired) electrons. The average molecular weight is 309 g/mol. The van der Waals surface area contributed by atoms with Crippen molar-refractivity contribution in [2.45, 2.75) is 18.9 Å². The van der Waals surface area contributed by atoms with Gasteiger partial charge in [-0.05, 0) is 25.0 Å². The standard InChI is InChI=1S/C16H15N5O2/c1-23-12-4-2-3-10(7-12)19-16-18-8-13-15(20-16)21(11-5-6-11)14(22)9-17-13/h2-4,7-9,11H,5-6H2,1H3,(H,18,19,20). The quantitative estimate of drug-likeness (QED) is 0.796. The van der Waals surface area contributed by atoms with Crippen LogP contribution >= 0.6 is 0 Å². The maximum Gasteiger partial charge on any atom is 0.270 e. The highest BCUT2D eigenvalue weighted by atomic mass is 16.5. The molecule has 23 heavy (non-hydrogen) atoms. The summed E-state index contributed by atoms with van der Waals surface area (Å²) in [5.41, 5.74) is 1.88. The van der Waals surface area contributed by atoms with Crippen LogP contribution in [0.5, 0.6) is 5.75 Å². The molecule has 3 aromatic rings. The number of hydrogen-bond acceptors (Lipinski definition) is 6. The van der Waals surface area contributed by atoms with Gasteiger partial charge in [0.05, 0.1) is 19.5 Å². The lowest BCUT2D eigenvalue weighted by atomic mass is 10.3. The fraction of sp³-hybridized carbons (Fsp3) is 0.250. The zero-order valence-corrected chi connectivity index (χ0v) is 12.6. The topological polar surface area (TPSA) is 81.9 Å². The number of anilines is 2. The van der Waals surface area contributed by atoms with Gasteiger partial charge in [0, 0.05) is 17.8 Å². The van der Waals surface area contributed by atoms with E-state index in [0.717, 1.165) is 24.3 Å². The van der Waals surface area contributed by atoms with Crippen LogP contribution in [0.2, 0.25) is 0 Å². The van der Waals surface area contributed by atoms with Crippen molar-refractivity contribution in [3.8, 4) is 5.75 Å². The maximum absolute atomic E-state index is 12.1. The first-order valence-electron chi connectivity index (χ1n) is 7.40. The van der Waals surface area contributed by atoms with E-state index in [1.165, 1.54) is 6.20 Å². The molecule has 7 nitrogen and oxygen atoms in total. The van der Waals surface area contributed by atoms with Gasteiger partial charge in [0.25, 0.3) is 5.56 Å².